The number of carbonyl (C=O) groups excluding carboxylic acids is 1. The van der Waals surface area contributed by atoms with Gasteiger partial charge >= 0.3 is 12.0 Å². The van der Waals surface area contributed by atoms with Crippen LogP contribution >= 0.6 is 0 Å². The minimum absolute atomic E-state index is 0.111. The highest BCUT2D eigenvalue weighted by atomic mass is 16.4. The van der Waals surface area contributed by atoms with Crippen molar-refractivity contribution in [1.29, 1.82) is 0 Å². The largest absolute Gasteiger partial charge is 0.481 e. The van der Waals surface area contributed by atoms with Crippen molar-refractivity contribution in [3.63, 3.8) is 0 Å². The highest BCUT2D eigenvalue weighted by Crippen LogP contribution is 2.18. The van der Waals surface area contributed by atoms with E-state index in [1.165, 1.54) is 6.33 Å². The summed E-state index contributed by atoms with van der Waals surface area (Å²) >= 11 is 0. The minimum Gasteiger partial charge on any atom is -0.481 e. The zero-order valence-corrected chi connectivity index (χ0v) is 10.7. The summed E-state index contributed by atoms with van der Waals surface area (Å²) in [5, 5.41) is 15.3. The second kappa shape index (κ2) is 5.68. The molecule has 2 N–H and O–H groups in total. The van der Waals surface area contributed by atoms with E-state index in [0.717, 1.165) is 0 Å². The van der Waals surface area contributed by atoms with Crippen LogP contribution < -0.4 is 0 Å². The van der Waals surface area contributed by atoms with Crippen LogP contribution in [-0.4, -0.2) is 62.2 Å². The maximum atomic E-state index is 12.1. The lowest BCUT2D eigenvalue weighted by atomic mass is 9.97. The van der Waals surface area contributed by atoms with E-state index in [-0.39, 0.29) is 11.9 Å². The first-order chi connectivity index (χ1) is 9.08. The first-order valence-corrected chi connectivity index (χ1v) is 6.15. The van der Waals surface area contributed by atoms with Crippen LogP contribution in [0.4, 0.5) is 4.79 Å². The van der Waals surface area contributed by atoms with E-state index in [2.05, 4.69) is 15.2 Å². The number of aromatic amines is 1. The van der Waals surface area contributed by atoms with Gasteiger partial charge in [-0.3, -0.25) is 9.89 Å². The van der Waals surface area contributed by atoms with Crippen LogP contribution in [0.1, 0.15) is 18.7 Å². The molecule has 1 fully saturated rings. The molecule has 8 nitrogen and oxygen atoms in total. The molecule has 0 saturated carbocycles. The van der Waals surface area contributed by atoms with Crippen LogP contribution in [0.5, 0.6) is 0 Å². The lowest BCUT2D eigenvalue weighted by Gasteiger charge is -2.33. The number of nitrogens with one attached hydrogen (secondary N) is 1. The summed E-state index contributed by atoms with van der Waals surface area (Å²) in [6, 6.07) is -0.111. The van der Waals surface area contributed by atoms with Gasteiger partial charge in [0, 0.05) is 20.1 Å². The summed E-state index contributed by atoms with van der Waals surface area (Å²) in [6.45, 7) is 1.32. The molecule has 0 bridgehead atoms. The Morgan fingerprint density at radius 3 is 2.74 bits per heavy atom. The van der Waals surface area contributed by atoms with Crippen LogP contribution in [0.15, 0.2) is 6.33 Å². The number of piperidine rings is 1. The Morgan fingerprint density at radius 1 is 1.53 bits per heavy atom. The van der Waals surface area contributed by atoms with E-state index in [1.54, 1.807) is 16.8 Å². The van der Waals surface area contributed by atoms with E-state index in [9.17, 15) is 9.59 Å². The number of carbonyl (C=O) groups is 2. The van der Waals surface area contributed by atoms with Gasteiger partial charge in [-0.15, -0.1) is 0 Å². The number of amides is 2. The predicted octanol–water partition coefficient (Wildman–Crippen LogP) is 0.153. The Hall–Kier alpha value is -2.12. The molecule has 1 saturated heterocycles. The van der Waals surface area contributed by atoms with Crippen LogP contribution in [0.25, 0.3) is 0 Å². The quantitative estimate of drug-likeness (QED) is 0.811. The van der Waals surface area contributed by atoms with Crippen molar-refractivity contribution < 1.29 is 14.7 Å². The summed E-state index contributed by atoms with van der Waals surface area (Å²) in [6.07, 6.45) is 2.42. The summed E-state index contributed by atoms with van der Waals surface area (Å²) in [5.41, 5.74) is 0. The number of hydrogen-bond donors (Lipinski definition) is 2. The zero-order chi connectivity index (χ0) is 13.8. The SMILES string of the molecule is CN(Cc1ncn[nH]1)C(=O)N1CCC(C(=O)O)CC1. The van der Waals surface area contributed by atoms with Crippen LogP contribution in [-0.2, 0) is 11.3 Å². The lowest BCUT2D eigenvalue weighted by molar-refractivity contribution is -0.143. The number of likely N-dealkylation sites (tertiary alicyclic amines) is 1. The third kappa shape index (κ3) is 3.21. The number of aliphatic carboxylic acids is 1. The third-order valence-electron chi connectivity index (χ3n) is 3.29. The fourth-order valence-electron chi connectivity index (χ4n) is 2.16. The molecule has 19 heavy (non-hydrogen) atoms. The molecule has 104 valence electrons. The first kappa shape index (κ1) is 13.3. The second-order valence-electron chi connectivity index (χ2n) is 4.67. The Bertz CT molecular complexity index is 439. The second-order valence-corrected chi connectivity index (χ2v) is 4.67. The van der Waals surface area contributed by atoms with Gasteiger partial charge in [-0.1, -0.05) is 0 Å². The summed E-state index contributed by atoms with van der Waals surface area (Å²) < 4.78 is 0. The Labute approximate surface area is 110 Å². The van der Waals surface area contributed by atoms with E-state index in [0.29, 0.717) is 38.3 Å². The number of aromatic nitrogens is 3. The van der Waals surface area contributed by atoms with Gasteiger partial charge in [-0.25, -0.2) is 9.78 Å². The Kier molecular flexibility index (Phi) is 3.98. The molecular weight excluding hydrogens is 250 g/mol. The van der Waals surface area contributed by atoms with Crippen LogP contribution in [0.3, 0.4) is 0 Å². The van der Waals surface area contributed by atoms with Crippen molar-refractivity contribution in [3.8, 4) is 0 Å². The number of carboxylic acids is 1. The van der Waals surface area contributed by atoms with Gasteiger partial charge < -0.3 is 14.9 Å². The number of carboxylic acid groups (broad SMARTS) is 1. The molecule has 1 aromatic rings. The molecule has 0 radical (unpaired) electrons. The fraction of sp³-hybridized carbons (Fsp3) is 0.636. The highest BCUT2D eigenvalue weighted by Gasteiger charge is 2.28. The van der Waals surface area contributed by atoms with Gasteiger partial charge in [0.1, 0.15) is 12.2 Å². The van der Waals surface area contributed by atoms with E-state index in [1.807, 2.05) is 0 Å². The molecular formula is C11H17N5O3. The Balaban J connectivity index is 1.85. The van der Waals surface area contributed by atoms with Crippen molar-refractivity contribution in [1.82, 2.24) is 25.0 Å². The lowest BCUT2D eigenvalue weighted by Crippen LogP contribution is -2.46. The fourth-order valence-corrected chi connectivity index (χ4v) is 2.16. The van der Waals surface area contributed by atoms with Gasteiger partial charge in [-0.2, -0.15) is 5.10 Å². The molecule has 0 aliphatic carbocycles. The normalized spacial score (nSPS) is 16.4. The van der Waals surface area contributed by atoms with Gasteiger partial charge in [0.15, 0.2) is 0 Å². The van der Waals surface area contributed by atoms with Crippen molar-refractivity contribution in [2.45, 2.75) is 19.4 Å². The minimum atomic E-state index is -0.776. The number of urea groups is 1. The molecule has 2 rings (SSSR count). The van der Waals surface area contributed by atoms with Crippen molar-refractivity contribution in [3.05, 3.63) is 12.2 Å². The number of nitrogens with zero attached hydrogens (tertiary/aromatic N) is 4. The van der Waals surface area contributed by atoms with Crippen molar-refractivity contribution in [2.75, 3.05) is 20.1 Å². The molecule has 1 aromatic heterocycles. The Morgan fingerprint density at radius 2 is 2.21 bits per heavy atom. The molecule has 0 unspecified atom stereocenters. The molecule has 1 aliphatic rings. The van der Waals surface area contributed by atoms with E-state index >= 15 is 0 Å². The number of hydrogen-bond acceptors (Lipinski definition) is 4. The van der Waals surface area contributed by atoms with Gasteiger partial charge in [-0.05, 0) is 12.8 Å². The zero-order valence-electron chi connectivity index (χ0n) is 10.7. The molecule has 2 amide bonds. The summed E-state index contributed by atoms with van der Waals surface area (Å²) in [7, 11) is 1.69. The molecule has 1 aliphatic heterocycles. The molecule has 0 spiro atoms. The maximum absolute atomic E-state index is 12.1. The molecule has 2 heterocycles. The predicted molar refractivity (Wildman–Crippen MR) is 65.2 cm³/mol. The van der Waals surface area contributed by atoms with Crippen molar-refractivity contribution in [2.24, 2.45) is 5.92 Å². The van der Waals surface area contributed by atoms with Gasteiger partial charge in [0.2, 0.25) is 0 Å². The van der Waals surface area contributed by atoms with Crippen LogP contribution in [0.2, 0.25) is 0 Å². The average Bonchev–Trinajstić information content (AvgIpc) is 2.90. The first-order valence-electron chi connectivity index (χ1n) is 6.15. The monoisotopic (exact) mass is 267 g/mol. The average molecular weight is 267 g/mol. The van der Waals surface area contributed by atoms with Crippen LogP contribution in [0, 0.1) is 5.92 Å². The summed E-state index contributed by atoms with van der Waals surface area (Å²) in [5.74, 6) is -0.484. The topological polar surface area (TPSA) is 102 Å². The van der Waals surface area contributed by atoms with Crippen molar-refractivity contribution >= 4 is 12.0 Å². The standard InChI is InChI=1S/C11H17N5O3/c1-15(6-9-12-7-13-14-9)11(19)16-4-2-8(3-5-16)10(17)18/h7-8H,2-6H2,1H3,(H,17,18)(H,12,13,14). The maximum Gasteiger partial charge on any atom is 0.320 e. The summed E-state index contributed by atoms with van der Waals surface area (Å²) in [4.78, 5) is 30.2. The third-order valence-corrected chi connectivity index (χ3v) is 3.29. The number of rotatable bonds is 3. The molecule has 0 aromatic carbocycles. The molecule has 8 heteroatoms. The highest BCUT2D eigenvalue weighted by molar-refractivity contribution is 5.75. The molecule has 0 atom stereocenters. The number of H-pyrrole nitrogens is 1. The van der Waals surface area contributed by atoms with E-state index < -0.39 is 5.97 Å². The smallest absolute Gasteiger partial charge is 0.320 e. The van der Waals surface area contributed by atoms with E-state index in [4.69, 9.17) is 5.11 Å². The van der Waals surface area contributed by atoms with Gasteiger partial charge in [0.05, 0.1) is 12.5 Å². The van der Waals surface area contributed by atoms with Gasteiger partial charge in [0.25, 0.3) is 0 Å².